The highest BCUT2D eigenvalue weighted by molar-refractivity contribution is 6.36. The molecule has 0 saturated heterocycles. The quantitative estimate of drug-likeness (QED) is 0.853. The van der Waals surface area contributed by atoms with Gasteiger partial charge in [0.05, 0.1) is 19.4 Å². The molecule has 1 aliphatic heterocycles. The molecule has 1 amide bonds. The van der Waals surface area contributed by atoms with Gasteiger partial charge in [-0.2, -0.15) is 0 Å². The highest BCUT2D eigenvalue weighted by atomic mass is 35.5. The summed E-state index contributed by atoms with van der Waals surface area (Å²) in [6, 6.07) is 10.9. The van der Waals surface area contributed by atoms with Crippen LogP contribution in [0.4, 0.5) is 5.69 Å². The second-order valence-electron chi connectivity index (χ2n) is 5.05. The molecule has 0 aliphatic carbocycles. The SMILES string of the molecule is CCOc1cc(C=C2C(=O)Nc3cc(Cl)ccc32)ccc1OC. The van der Waals surface area contributed by atoms with E-state index in [0.29, 0.717) is 28.7 Å². The summed E-state index contributed by atoms with van der Waals surface area (Å²) in [5.41, 5.74) is 3.03. The second-order valence-corrected chi connectivity index (χ2v) is 5.48. The maximum atomic E-state index is 12.2. The van der Waals surface area contributed by atoms with Gasteiger partial charge in [-0.05, 0) is 42.8 Å². The Balaban J connectivity index is 2.02. The molecule has 2 aromatic carbocycles. The molecule has 0 spiro atoms. The minimum absolute atomic E-state index is 0.143. The molecule has 0 fully saturated rings. The lowest BCUT2D eigenvalue weighted by Crippen LogP contribution is -2.03. The Labute approximate surface area is 139 Å². The van der Waals surface area contributed by atoms with E-state index >= 15 is 0 Å². The van der Waals surface area contributed by atoms with E-state index in [9.17, 15) is 4.79 Å². The predicted molar refractivity (Wildman–Crippen MR) is 92.1 cm³/mol. The van der Waals surface area contributed by atoms with Gasteiger partial charge in [0.1, 0.15) is 0 Å². The third kappa shape index (κ3) is 3.03. The minimum atomic E-state index is -0.143. The van der Waals surface area contributed by atoms with Crippen molar-refractivity contribution >= 4 is 34.8 Å². The van der Waals surface area contributed by atoms with E-state index in [1.54, 1.807) is 19.2 Å². The molecule has 0 atom stereocenters. The normalized spacial score (nSPS) is 14.6. The Morgan fingerprint density at radius 3 is 2.74 bits per heavy atom. The Morgan fingerprint density at radius 2 is 2.00 bits per heavy atom. The van der Waals surface area contributed by atoms with Crippen molar-refractivity contribution in [2.75, 3.05) is 19.0 Å². The summed E-state index contributed by atoms with van der Waals surface area (Å²) < 4.78 is 10.8. The maximum absolute atomic E-state index is 12.2. The van der Waals surface area contributed by atoms with E-state index in [1.165, 1.54) is 0 Å². The lowest BCUT2D eigenvalue weighted by atomic mass is 10.0. The smallest absolute Gasteiger partial charge is 0.256 e. The number of methoxy groups -OCH3 is 1. The van der Waals surface area contributed by atoms with Crippen molar-refractivity contribution in [3.63, 3.8) is 0 Å². The van der Waals surface area contributed by atoms with Crippen LogP contribution < -0.4 is 14.8 Å². The van der Waals surface area contributed by atoms with Crippen molar-refractivity contribution in [1.82, 2.24) is 0 Å². The van der Waals surface area contributed by atoms with Crippen LogP contribution in [0.1, 0.15) is 18.1 Å². The fourth-order valence-electron chi connectivity index (χ4n) is 2.53. The molecule has 4 nitrogen and oxygen atoms in total. The number of nitrogens with one attached hydrogen (secondary N) is 1. The van der Waals surface area contributed by atoms with Crippen LogP contribution in [0.5, 0.6) is 11.5 Å². The summed E-state index contributed by atoms with van der Waals surface area (Å²) in [5.74, 6) is 1.17. The first-order chi connectivity index (χ1) is 11.1. The Kier molecular flexibility index (Phi) is 4.26. The van der Waals surface area contributed by atoms with Crippen molar-refractivity contribution < 1.29 is 14.3 Å². The fraction of sp³-hybridized carbons (Fsp3) is 0.167. The second kappa shape index (κ2) is 6.34. The minimum Gasteiger partial charge on any atom is -0.493 e. The molecule has 118 valence electrons. The van der Waals surface area contributed by atoms with Gasteiger partial charge in [-0.3, -0.25) is 4.79 Å². The first-order valence-electron chi connectivity index (χ1n) is 7.26. The van der Waals surface area contributed by atoms with Crippen LogP contribution in [0.25, 0.3) is 11.6 Å². The van der Waals surface area contributed by atoms with Crippen molar-refractivity contribution in [2.45, 2.75) is 6.92 Å². The van der Waals surface area contributed by atoms with Crippen LogP contribution in [0.15, 0.2) is 36.4 Å². The van der Waals surface area contributed by atoms with E-state index < -0.39 is 0 Å². The molecule has 0 saturated carbocycles. The van der Waals surface area contributed by atoms with Crippen LogP contribution in [-0.2, 0) is 4.79 Å². The van der Waals surface area contributed by atoms with Gasteiger partial charge in [0.2, 0.25) is 0 Å². The van der Waals surface area contributed by atoms with Gasteiger partial charge >= 0.3 is 0 Å². The van der Waals surface area contributed by atoms with Crippen molar-refractivity contribution in [2.24, 2.45) is 0 Å². The number of hydrogen-bond acceptors (Lipinski definition) is 3. The van der Waals surface area contributed by atoms with Crippen molar-refractivity contribution in [1.29, 1.82) is 0 Å². The van der Waals surface area contributed by atoms with Gasteiger partial charge in [-0.25, -0.2) is 0 Å². The van der Waals surface area contributed by atoms with Crippen molar-refractivity contribution in [3.8, 4) is 11.5 Å². The van der Waals surface area contributed by atoms with Gasteiger partial charge in [-0.1, -0.05) is 23.7 Å². The number of amides is 1. The first-order valence-corrected chi connectivity index (χ1v) is 7.64. The van der Waals surface area contributed by atoms with E-state index in [2.05, 4.69) is 5.32 Å². The van der Waals surface area contributed by atoms with Gasteiger partial charge in [0.15, 0.2) is 11.5 Å². The van der Waals surface area contributed by atoms with Gasteiger partial charge in [-0.15, -0.1) is 0 Å². The van der Waals surface area contributed by atoms with E-state index in [-0.39, 0.29) is 5.91 Å². The lowest BCUT2D eigenvalue weighted by Gasteiger charge is -2.10. The average molecular weight is 330 g/mol. The Morgan fingerprint density at radius 1 is 1.17 bits per heavy atom. The standard InChI is InChI=1S/C18H16ClNO3/c1-3-23-17-9-11(4-7-16(17)22-2)8-14-13-6-5-12(19)10-15(13)20-18(14)21/h4-10H,3H2,1-2H3,(H,20,21). The molecule has 23 heavy (non-hydrogen) atoms. The third-order valence-corrected chi connectivity index (χ3v) is 3.80. The summed E-state index contributed by atoms with van der Waals surface area (Å²) >= 11 is 5.97. The molecule has 0 unspecified atom stereocenters. The van der Waals surface area contributed by atoms with Gasteiger partial charge < -0.3 is 14.8 Å². The van der Waals surface area contributed by atoms with E-state index in [0.717, 1.165) is 16.8 Å². The number of rotatable bonds is 4. The molecular weight excluding hydrogens is 314 g/mol. The largest absolute Gasteiger partial charge is 0.493 e. The first kappa shape index (κ1) is 15.4. The van der Waals surface area contributed by atoms with Crippen molar-refractivity contribution in [3.05, 3.63) is 52.5 Å². The Hall–Kier alpha value is -2.46. The lowest BCUT2D eigenvalue weighted by molar-refractivity contribution is -0.110. The number of halogens is 1. The van der Waals surface area contributed by atoms with Crippen LogP contribution in [0, 0.1) is 0 Å². The van der Waals surface area contributed by atoms with Gasteiger partial charge in [0, 0.05) is 16.2 Å². The number of fused-ring (bicyclic) bond motifs is 1. The maximum Gasteiger partial charge on any atom is 0.256 e. The average Bonchev–Trinajstić information content (AvgIpc) is 2.83. The topological polar surface area (TPSA) is 47.6 Å². The summed E-state index contributed by atoms with van der Waals surface area (Å²) in [6.07, 6.45) is 1.83. The number of carbonyl (C=O) groups is 1. The number of carbonyl (C=O) groups excluding carboxylic acids is 1. The molecule has 0 radical (unpaired) electrons. The Bertz CT molecular complexity index is 799. The molecule has 0 bridgehead atoms. The molecule has 1 N–H and O–H groups in total. The van der Waals surface area contributed by atoms with E-state index in [4.69, 9.17) is 21.1 Å². The number of anilines is 1. The van der Waals surface area contributed by atoms with Crippen LogP contribution in [-0.4, -0.2) is 19.6 Å². The van der Waals surface area contributed by atoms with E-state index in [1.807, 2.05) is 37.3 Å². The highest BCUT2D eigenvalue weighted by Crippen LogP contribution is 2.36. The summed E-state index contributed by atoms with van der Waals surface area (Å²) in [5, 5.41) is 3.41. The fourth-order valence-corrected chi connectivity index (χ4v) is 2.70. The third-order valence-electron chi connectivity index (χ3n) is 3.56. The molecule has 1 aliphatic rings. The molecule has 1 heterocycles. The number of hydrogen-bond donors (Lipinski definition) is 1. The summed E-state index contributed by atoms with van der Waals surface area (Å²) in [7, 11) is 1.60. The van der Waals surface area contributed by atoms with Gasteiger partial charge in [0.25, 0.3) is 5.91 Å². The molecular formula is C18H16ClNO3. The highest BCUT2D eigenvalue weighted by Gasteiger charge is 2.24. The summed E-state index contributed by atoms with van der Waals surface area (Å²) in [4.78, 5) is 12.2. The summed E-state index contributed by atoms with van der Waals surface area (Å²) in [6.45, 7) is 2.45. The predicted octanol–water partition coefficient (Wildman–Crippen LogP) is 4.24. The molecule has 2 aromatic rings. The van der Waals surface area contributed by atoms with Crippen LogP contribution in [0.2, 0.25) is 5.02 Å². The zero-order valence-corrected chi connectivity index (χ0v) is 13.6. The number of benzene rings is 2. The van der Waals surface area contributed by atoms with Crippen LogP contribution >= 0.6 is 11.6 Å². The monoisotopic (exact) mass is 329 g/mol. The molecule has 0 aromatic heterocycles. The zero-order valence-electron chi connectivity index (χ0n) is 12.9. The number of ether oxygens (including phenoxy) is 2. The van der Waals surface area contributed by atoms with Crippen LogP contribution in [0.3, 0.4) is 0 Å². The zero-order chi connectivity index (χ0) is 16.4. The molecule has 3 rings (SSSR count). The molecule has 5 heteroatoms.